The van der Waals surface area contributed by atoms with Crippen LogP contribution in [0.1, 0.15) is 29.7 Å². The Morgan fingerprint density at radius 2 is 0.500 bits per heavy atom. The Hall–Kier alpha value is 0.700. The van der Waals surface area contributed by atoms with Crippen molar-refractivity contribution in [3.8, 4) is 0 Å². The Kier molecular flexibility index (Phi) is 6240. The normalized spacial score (nSPS) is 1.50. The van der Waals surface area contributed by atoms with Crippen molar-refractivity contribution in [3.05, 3.63) is 0 Å². The maximum Gasteiger partial charge on any atom is -0.0215 e. The highest BCUT2D eigenvalue weighted by molar-refractivity contribution is 7.79. The second kappa shape index (κ2) is 705. The van der Waals surface area contributed by atoms with Crippen LogP contribution in [0.5, 0.6) is 0 Å². The van der Waals surface area contributed by atoms with Gasteiger partial charge >= 0.3 is 0 Å². The molecule has 0 aromatic heterocycles. The average Bonchev–Trinajstić information content (AvgIpc) is 1.50. The van der Waals surface area contributed by atoms with Crippen molar-refractivity contribution < 1.29 is 0 Å². The molecule has 0 aliphatic carbocycles. The van der Waals surface area contributed by atoms with Crippen LogP contribution in [0.15, 0.2) is 0 Å². The number of hydrogen-bond acceptors (Lipinski definition) is 2. The third kappa shape index (κ3) is 444. The molecule has 0 aromatic carbocycles. The minimum atomic E-state index is 0. The molecule has 0 saturated carbocycles. The maximum atomic E-state index is 3.53. The van der Waals surface area contributed by atoms with E-state index in [4.69, 9.17) is 0 Å². The van der Waals surface area contributed by atoms with Crippen LogP contribution in [0, 0.1) is 0 Å². The van der Waals surface area contributed by atoms with Gasteiger partial charge in [0.2, 0.25) is 0 Å². The smallest absolute Gasteiger partial charge is 0.0215 e. The van der Waals surface area contributed by atoms with Crippen molar-refractivity contribution in [2.45, 2.75) is 29.7 Å². The van der Waals surface area contributed by atoms with Gasteiger partial charge in [-0.3, -0.25) is 0 Å². The van der Waals surface area contributed by atoms with E-state index in [9.17, 15) is 0 Å². The molecule has 0 atom stereocenters. The van der Waals surface area contributed by atoms with Crippen LogP contribution >= 0.6 is 25.3 Å². The van der Waals surface area contributed by atoms with Crippen LogP contribution in [0.3, 0.4) is 0 Å². The molecule has 0 heterocycles. The Labute approximate surface area is 67.9 Å². The first-order valence-corrected chi connectivity index (χ1v) is 2.68. The molecule has 0 fully saturated rings. The van der Waals surface area contributed by atoms with Gasteiger partial charge in [-0.25, -0.2) is 0 Å². The fourth-order valence-corrected chi connectivity index (χ4v) is 0. The molecule has 0 spiro atoms. The van der Waals surface area contributed by atoms with Gasteiger partial charge in [0.15, 0.2) is 0 Å². The predicted molar refractivity (Wildman–Crippen MR) is 56.7 cm³/mol. The molecule has 0 rings (SSSR count). The lowest BCUT2D eigenvalue weighted by atomic mass is 12.0. The van der Waals surface area contributed by atoms with Crippen LogP contribution < -0.4 is 0 Å². The minimum absolute atomic E-state index is 0. The highest BCUT2D eigenvalue weighted by Gasteiger charge is 0.903. The summed E-state index contributed by atoms with van der Waals surface area (Å²) in [5.41, 5.74) is 0. The van der Waals surface area contributed by atoms with Crippen molar-refractivity contribution in [2.75, 3.05) is 12.5 Å². The first kappa shape index (κ1) is 70.8. The van der Waals surface area contributed by atoms with E-state index in [0.29, 0.717) is 0 Å². The second-order valence-corrected chi connectivity index (χ2v) is 0. The van der Waals surface area contributed by atoms with Crippen LogP contribution in [0.4, 0.5) is 0 Å². The molecule has 0 nitrogen and oxygen atoms in total. The van der Waals surface area contributed by atoms with Crippen LogP contribution in [0.2, 0.25) is 0 Å². The predicted octanol–water partition coefficient (Wildman–Crippen LogP) is 3.64. The van der Waals surface area contributed by atoms with E-state index in [2.05, 4.69) is 25.3 Å². The molecule has 0 N–H and O–H groups in total. The quantitative estimate of drug-likeness (QED) is 0.497. The highest BCUT2D eigenvalue weighted by Crippen LogP contribution is 1.31. The first-order chi connectivity index (χ1) is 2.00. The summed E-state index contributed by atoms with van der Waals surface area (Å²) >= 11 is 7.06. The van der Waals surface area contributed by atoms with E-state index in [1.165, 1.54) is 0 Å². The van der Waals surface area contributed by atoms with Crippen LogP contribution in [-0.2, 0) is 0 Å². The fraction of sp³-hybridized carbons (Fsp3) is 1.00. The van der Waals surface area contributed by atoms with E-state index in [1.54, 1.807) is 12.5 Å². The number of thiol groups is 2. The fourth-order valence-electron chi connectivity index (χ4n) is 0. The zero-order chi connectivity index (χ0) is 4.00. The molecule has 2 heteroatoms. The Bertz CT molecular complexity index is 6.49. The van der Waals surface area contributed by atoms with E-state index in [0.717, 1.165) is 0 Å². The Morgan fingerprint density at radius 3 is 0.500 bits per heavy atom. The lowest BCUT2D eigenvalue weighted by molar-refractivity contribution is 2.50. The Balaban J connectivity index is -0.00000000167. The van der Waals surface area contributed by atoms with Gasteiger partial charge in [-0.15, -0.1) is 0 Å². The molecule has 0 unspecified atom stereocenters. The topological polar surface area (TPSA) is 0 Å². The lowest BCUT2D eigenvalue weighted by Gasteiger charge is -1.11. The molecule has 0 amide bonds. The van der Waals surface area contributed by atoms with Gasteiger partial charge < -0.3 is 0 Å². The van der Waals surface area contributed by atoms with Crippen molar-refractivity contribution in [1.29, 1.82) is 0 Å². The molecule has 0 bridgehead atoms. The van der Waals surface area contributed by atoms with E-state index < -0.39 is 0 Å². The summed E-state index contributed by atoms with van der Waals surface area (Å²) < 4.78 is 0. The number of rotatable bonds is 0. The zero-order valence-electron chi connectivity index (χ0n) is 2.89. The Morgan fingerprint density at radius 1 is 0.500 bits per heavy atom. The van der Waals surface area contributed by atoms with Gasteiger partial charge in [-0.1, -0.05) is 29.7 Å². The molecule has 0 saturated heterocycles. The largest absolute Gasteiger partial charge is 0.183 e. The molecule has 0 aliphatic heterocycles. The monoisotopic (exact) mass is 160 g/mol. The maximum absolute atomic E-state index is 3.53. The van der Waals surface area contributed by atoms with E-state index in [1.807, 2.05) is 0 Å². The van der Waals surface area contributed by atoms with Gasteiger partial charge in [0.1, 0.15) is 0 Å². The van der Waals surface area contributed by atoms with Crippen molar-refractivity contribution >= 4 is 25.3 Å². The average molecular weight is 160 g/mol. The zero-order valence-corrected chi connectivity index (χ0v) is 4.68. The third-order valence-electron chi connectivity index (χ3n) is 0. The van der Waals surface area contributed by atoms with Crippen molar-refractivity contribution in [3.63, 3.8) is 0 Å². The summed E-state index contributed by atoms with van der Waals surface area (Å²) in [5, 5.41) is 0. The first-order valence-electron chi connectivity index (χ1n) is 0.894. The summed E-state index contributed by atoms with van der Waals surface area (Å²) in [6.45, 7) is 0. The minimum Gasteiger partial charge on any atom is -0.183 e. The van der Waals surface area contributed by atoms with Gasteiger partial charge in [0, 0.05) is 0 Å². The second-order valence-electron chi connectivity index (χ2n) is 0. The molecule has 8 heavy (non-hydrogen) atoms. The van der Waals surface area contributed by atoms with Crippen molar-refractivity contribution in [1.82, 2.24) is 0 Å². The molecular formula is C6H24S2. The standard InChI is InChI=1S/2CH4S.4CH4/c2*1-2;;;;/h2*2H,1H3;4*1H4. The molecule has 60 valence electrons. The molecule has 0 aromatic rings. The lowest BCUT2D eigenvalue weighted by Crippen LogP contribution is -0.865. The van der Waals surface area contributed by atoms with E-state index in [-0.39, 0.29) is 29.7 Å². The van der Waals surface area contributed by atoms with Gasteiger partial charge in [-0.05, 0) is 12.5 Å². The third-order valence-corrected chi connectivity index (χ3v) is 0. The van der Waals surface area contributed by atoms with E-state index >= 15 is 0 Å². The van der Waals surface area contributed by atoms with Gasteiger partial charge in [0.05, 0.1) is 0 Å². The summed E-state index contributed by atoms with van der Waals surface area (Å²) in [5.74, 6) is 0. The summed E-state index contributed by atoms with van der Waals surface area (Å²) in [6.07, 6.45) is 3.39. The number of hydrogen-bond donors (Lipinski definition) is 2. The summed E-state index contributed by atoms with van der Waals surface area (Å²) in [4.78, 5) is 0. The SMILES string of the molecule is C.C.C.C.CS.CS. The van der Waals surface area contributed by atoms with Crippen LogP contribution in [-0.4, -0.2) is 12.5 Å². The highest BCUT2D eigenvalue weighted by atomic mass is 32.1. The van der Waals surface area contributed by atoms with Gasteiger partial charge in [-0.2, -0.15) is 25.3 Å². The molecule has 0 radical (unpaired) electrons. The summed E-state index contributed by atoms with van der Waals surface area (Å²) in [6, 6.07) is 0. The molecule has 0 aliphatic rings. The van der Waals surface area contributed by atoms with Crippen molar-refractivity contribution in [2.24, 2.45) is 0 Å². The summed E-state index contributed by atoms with van der Waals surface area (Å²) in [7, 11) is 0. The van der Waals surface area contributed by atoms with Crippen LogP contribution in [0.25, 0.3) is 0 Å². The molecular weight excluding hydrogens is 136 g/mol. The van der Waals surface area contributed by atoms with Gasteiger partial charge in [0.25, 0.3) is 0 Å².